The van der Waals surface area contributed by atoms with E-state index in [1.807, 2.05) is 0 Å². The number of aliphatic hydroxyl groups is 1. The molecule has 2 rings (SSSR count). The van der Waals surface area contributed by atoms with Gasteiger partial charge in [-0.15, -0.1) is 0 Å². The standard InChI is InChI=1S/C24H30O9/c1-13(8-9-25)23(28)32-21-11-18(12-30-16(4)26)6-7-19(31-17(5)27)14(2)10-20-22(21)15(3)24(29)33-20/h6,8,10,19-22,25H,3,7,9,11-12H2,1-2,4-5H3/b13-8+,14-10-,18-6+. The Kier molecular flexibility index (Phi) is 9.16. The molecular weight excluding hydrogens is 432 g/mol. The van der Waals surface area contributed by atoms with Crippen LogP contribution in [0, 0.1) is 5.92 Å². The van der Waals surface area contributed by atoms with E-state index in [1.165, 1.54) is 26.8 Å². The highest BCUT2D eigenvalue weighted by atomic mass is 16.6. The highest BCUT2D eigenvalue weighted by Gasteiger charge is 2.45. The van der Waals surface area contributed by atoms with Gasteiger partial charge in [0.15, 0.2) is 0 Å². The molecule has 2 aliphatic rings. The zero-order valence-electron chi connectivity index (χ0n) is 19.3. The van der Waals surface area contributed by atoms with Crippen molar-refractivity contribution in [3.8, 4) is 0 Å². The first-order valence-electron chi connectivity index (χ1n) is 10.6. The van der Waals surface area contributed by atoms with E-state index >= 15 is 0 Å². The van der Waals surface area contributed by atoms with Crippen molar-refractivity contribution in [3.63, 3.8) is 0 Å². The number of rotatable bonds is 6. The van der Waals surface area contributed by atoms with E-state index < -0.39 is 48.1 Å². The summed E-state index contributed by atoms with van der Waals surface area (Å²) in [6.07, 6.45) is 2.90. The molecule has 0 radical (unpaired) electrons. The van der Waals surface area contributed by atoms with Crippen LogP contribution in [0.1, 0.15) is 40.5 Å². The van der Waals surface area contributed by atoms with Crippen LogP contribution in [0.2, 0.25) is 0 Å². The van der Waals surface area contributed by atoms with E-state index in [2.05, 4.69) is 6.58 Å². The van der Waals surface area contributed by atoms with E-state index in [1.54, 1.807) is 19.1 Å². The van der Waals surface area contributed by atoms with Crippen LogP contribution >= 0.6 is 0 Å². The molecule has 0 aromatic rings. The second-order valence-electron chi connectivity index (χ2n) is 8.03. The average Bonchev–Trinajstić information content (AvgIpc) is 3.00. The fraction of sp³-hybridized carbons (Fsp3) is 0.500. The van der Waals surface area contributed by atoms with Gasteiger partial charge >= 0.3 is 23.9 Å². The molecule has 1 heterocycles. The van der Waals surface area contributed by atoms with Crippen LogP contribution in [0.3, 0.4) is 0 Å². The molecular formula is C24H30O9. The van der Waals surface area contributed by atoms with Crippen molar-refractivity contribution in [2.45, 2.75) is 58.8 Å². The van der Waals surface area contributed by atoms with Crippen LogP contribution < -0.4 is 0 Å². The molecule has 0 spiro atoms. The molecule has 1 fully saturated rings. The molecule has 0 aromatic carbocycles. The van der Waals surface area contributed by atoms with Gasteiger partial charge in [0.25, 0.3) is 0 Å². The molecule has 9 heteroatoms. The van der Waals surface area contributed by atoms with Gasteiger partial charge < -0.3 is 24.1 Å². The van der Waals surface area contributed by atoms with E-state index in [0.29, 0.717) is 11.1 Å². The minimum Gasteiger partial charge on any atom is -0.461 e. The summed E-state index contributed by atoms with van der Waals surface area (Å²) in [6, 6.07) is 0. The van der Waals surface area contributed by atoms with E-state index in [4.69, 9.17) is 24.1 Å². The molecule has 4 unspecified atom stereocenters. The Labute approximate surface area is 192 Å². The largest absolute Gasteiger partial charge is 0.461 e. The molecule has 180 valence electrons. The number of hydrogen-bond acceptors (Lipinski definition) is 9. The van der Waals surface area contributed by atoms with Gasteiger partial charge in [-0.05, 0) is 37.1 Å². The monoisotopic (exact) mass is 462 g/mol. The smallest absolute Gasteiger partial charge is 0.334 e. The van der Waals surface area contributed by atoms with Crippen molar-refractivity contribution in [2.75, 3.05) is 13.2 Å². The van der Waals surface area contributed by atoms with Gasteiger partial charge in [-0.25, -0.2) is 9.59 Å². The number of carbonyl (C=O) groups is 4. The molecule has 1 aliphatic heterocycles. The fourth-order valence-electron chi connectivity index (χ4n) is 3.69. The Hall–Kier alpha value is -3.20. The number of carbonyl (C=O) groups excluding carboxylic acids is 4. The van der Waals surface area contributed by atoms with Gasteiger partial charge in [-0.2, -0.15) is 0 Å². The van der Waals surface area contributed by atoms with Crippen molar-refractivity contribution in [2.24, 2.45) is 5.92 Å². The number of ether oxygens (including phenoxy) is 4. The van der Waals surface area contributed by atoms with Crippen molar-refractivity contribution < 1.29 is 43.2 Å². The Morgan fingerprint density at radius 3 is 2.52 bits per heavy atom. The van der Waals surface area contributed by atoms with Crippen molar-refractivity contribution in [3.05, 3.63) is 47.1 Å². The summed E-state index contributed by atoms with van der Waals surface area (Å²) in [4.78, 5) is 48.0. The Morgan fingerprint density at radius 1 is 1.21 bits per heavy atom. The van der Waals surface area contributed by atoms with Crippen LogP contribution in [-0.2, 0) is 38.1 Å². The zero-order chi connectivity index (χ0) is 24.7. The second kappa shape index (κ2) is 11.6. The Morgan fingerprint density at radius 2 is 1.91 bits per heavy atom. The number of fused-ring (bicyclic) bond motifs is 1. The highest BCUT2D eigenvalue weighted by molar-refractivity contribution is 5.92. The third kappa shape index (κ3) is 7.15. The first-order chi connectivity index (χ1) is 15.5. The van der Waals surface area contributed by atoms with Crippen molar-refractivity contribution in [1.82, 2.24) is 0 Å². The summed E-state index contributed by atoms with van der Waals surface area (Å²) < 4.78 is 21.8. The Bertz CT molecular complexity index is 909. The quantitative estimate of drug-likeness (QED) is 0.273. The normalized spacial score (nSPS) is 28.9. The molecule has 0 aromatic heterocycles. The van der Waals surface area contributed by atoms with Crippen LogP contribution in [-0.4, -0.2) is 60.5 Å². The molecule has 0 amide bonds. The minimum absolute atomic E-state index is 0.0664. The fourth-order valence-corrected chi connectivity index (χ4v) is 3.69. The topological polar surface area (TPSA) is 125 Å². The molecule has 4 atom stereocenters. The third-order valence-electron chi connectivity index (χ3n) is 5.43. The van der Waals surface area contributed by atoms with Crippen LogP contribution in [0.25, 0.3) is 0 Å². The first kappa shape index (κ1) is 26.1. The van der Waals surface area contributed by atoms with Crippen LogP contribution in [0.5, 0.6) is 0 Å². The summed E-state index contributed by atoms with van der Waals surface area (Å²) in [5.74, 6) is -2.95. The van der Waals surface area contributed by atoms with Gasteiger partial charge in [0.1, 0.15) is 24.9 Å². The predicted molar refractivity (Wildman–Crippen MR) is 116 cm³/mol. The molecule has 1 N–H and O–H groups in total. The lowest BCUT2D eigenvalue weighted by molar-refractivity contribution is -0.148. The first-order valence-corrected chi connectivity index (χ1v) is 10.6. The lowest BCUT2D eigenvalue weighted by atomic mass is 9.85. The summed E-state index contributed by atoms with van der Waals surface area (Å²) in [5, 5.41) is 9.09. The van der Waals surface area contributed by atoms with Gasteiger partial charge in [0.05, 0.1) is 12.5 Å². The lowest BCUT2D eigenvalue weighted by Gasteiger charge is -2.29. The molecule has 1 aliphatic carbocycles. The van der Waals surface area contributed by atoms with E-state index in [9.17, 15) is 19.2 Å². The summed E-state index contributed by atoms with van der Waals surface area (Å²) in [6.45, 7) is 9.26. The van der Waals surface area contributed by atoms with Crippen LogP contribution in [0.15, 0.2) is 47.1 Å². The van der Waals surface area contributed by atoms with Crippen LogP contribution in [0.4, 0.5) is 0 Å². The summed E-state index contributed by atoms with van der Waals surface area (Å²) >= 11 is 0. The number of hydrogen-bond donors (Lipinski definition) is 1. The second-order valence-corrected chi connectivity index (χ2v) is 8.03. The molecule has 33 heavy (non-hydrogen) atoms. The molecule has 1 saturated heterocycles. The average molecular weight is 462 g/mol. The summed E-state index contributed by atoms with van der Waals surface area (Å²) in [5.41, 5.74) is 1.61. The van der Waals surface area contributed by atoms with Crippen molar-refractivity contribution in [1.29, 1.82) is 0 Å². The van der Waals surface area contributed by atoms with E-state index in [-0.39, 0.29) is 37.2 Å². The van der Waals surface area contributed by atoms with Gasteiger partial charge in [-0.1, -0.05) is 12.7 Å². The predicted octanol–water partition coefficient (Wildman–Crippen LogP) is 2.10. The maximum Gasteiger partial charge on any atom is 0.334 e. The lowest BCUT2D eigenvalue weighted by Crippen LogP contribution is -2.35. The number of esters is 4. The zero-order valence-corrected chi connectivity index (χ0v) is 19.3. The van der Waals surface area contributed by atoms with Crippen molar-refractivity contribution >= 4 is 23.9 Å². The molecule has 0 bridgehead atoms. The van der Waals surface area contributed by atoms with E-state index in [0.717, 1.165) is 0 Å². The minimum atomic E-state index is -0.861. The van der Waals surface area contributed by atoms with Gasteiger partial charge in [0.2, 0.25) is 0 Å². The summed E-state index contributed by atoms with van der Waals surface area (Å²) in [7, 11) is 0. The maximum absolute atomic E-state index is 12.6. The highest BCUT2D eigenvalue weighted by Crippen LogP contribution is 2.37. The third-order valence-corrected chi connectivity index (χ3v) is 5.43. The molecule has 0 saturated carbocycles. The number of aliphatic hydroxyl groups excluding tert-OH is 1. The molecule has 9 nitrogen and oxygen atoms in total. The van der Waals surface area contributed by atoms with Gasteiger partial charge in [0, 0.05) is 37.8 Å². The SMILES string of the molecule is C=C1C(=O)OC2/C=C(/C)C(OC(C)=O)C/C=C(/COC(C)=O)CC(OC(=O)/C(C)=C/CO)C12. The van der Waals surface area contributed by atoms with Gasteiger partial charge in [-0.3, -0.25) is 9.59 Å². The Balaban J connectivity index is 2.50. The maximum atomic E-state index is 12.6.